The molecule has 0 spiro atoms. The van der Waals surface area contributed by atoms with Gasteiger partial charge in [-0.3, -0.25) is 0 Å². The van der Waals surface area contributed by atoms with E-state index >= 15 is 0 Å². The molecule has 10 rings (SSSR count). The topological polar surface area (TPSA) is 18.1 Å². The normalized spacial score (nSPS) is 15.6. The lowest BCUT2D eigenvalue weighted by Gasteiger charge is -2.34. The highest BCUT2D eigenvalue weighted by atomic mass is 16.3. The Morgan fingerprint density at radius 3 is 1.78 bits per heavy atom. The largest absolute Gasteiger partial charge is 0.455 e. The standard InChI is InChI=1S/C43H27NO/c1-2-12-28(13-3-1)43(29-22-24-30(25-23-29)44-38-19-9-5-14-31(38)32-15-6-10-20-39(32)44)36-18-8-4-17-35(36)41-37(43)27-26-34-33-16-7-11-21-40(33)45-42(34)41/h1-27H. The molecule has 0 aliphatic heterocycles. The van der Waals surface area contributed by atoms with Gasteiger partial charge in [-0.25, -0.2) is 0 Å². The van der Waals surface area contributed by atoms with Gasteiger partial charge in [0.25, 0.3) is 0 Å². The lowest BCUT2D eigenvalue weighted by molar-refractivity contribution is 0.669. The molecule has 1 aliphatic carbocycles. The first kappa shape index (κ1) is 24.6. The first-order valence-electron chi connectivity index (χ1n) is 15.5. The second kappa shape index (κ2) is 9.07. The highest BCUT2D eigenvalue weighted by molar-refractivity contribution is 6.12. The van der Waals surface area contributed by atoms with Crippen LogP contribution in [0.4, 0.5) is 0 Å². The summed E-state index contributed by atoms with van der Waals surface area (Å²) >= 11 is 0. The number of nitrogens with zero attached hydrogens (tertiary/aromatic N) is 1. The third kappa shape index (κ3) is 3.18. The smallest absolute Gasteiger partial charge is 0.143 e. The van der Waals surface area contributed by atoms with E-state index in [2.05, 4.69) is 162 Å². The Hall–Kier alpha value is -5.86. The van der Waals surface area contributed by atoms with Crippen LogP contribution in [-0.2, 0) is 5.41 Å². The predicted octanol–water partition coefficient (Wildman–Crippen LogP) is 11.0. The molecule has 2 aromatic heterocycles. The van der Waals surface area contributed by atoms with Crippen LogP contribution in [0.15, 0.2) is 168 Å². The minimum absolute atomic E-state index is 0.500. The minimum atomic E-state index is -0.500. The van der Waals surface area contributed by atoms with Gasteiger partial charge in [0.05, 0.1) is 16.4 Å². The average Bonchev–Trinajstić information content (AvgIpc) is 3.75. The van der Waals surface area contributed by atoms with Crippen LogP contribution in [0.2, 0.25) is 0 Å². The van der Waals surface area contributed by atoms with Gasteiger partial charge in [-0.05, 0) is 58.1 Å². The van der Waals surface area contributed by atoms with Crippen LogP contribution in [-0.4, -0.2) is 4.57 Å². The number of aromatic nitrogens is 1. The maximum absolute atomic E-state index is 6.66. The number of rotatable bonds is 3. The van der Waals surface area contributed by atoms with Gasteiger partial charge in [0.2, 0.25) is 0 Å². The zero-order valence-corrected chi connectivity index (χ0v) is 24.4. The molecule has 210 valence electrons. The molecule has 1 unspecified atom stereocenters. The van der Waals surface area contributed by atoms with Crippen LogP contribution in [0.5, 0.6) is 0 Å². The summed E-state index contributed by atoms with van der Waals surface area (Å²) in [6, 6.07) is 59.4. The highest BCUT2D eigenvalue weighted by Crippen LogP contribution is 2.58. The minimum Gasteiger partial charge on any atom is -0.455 e. The van der Waals surface area contributed by atoms with E-state index in [0.717, 1.165) is 27.6 Å². The number of hydrogen-bond donors (Lipinski definition) is 0. The van der Waals surface area contributed by atoms with Gasteiger partial charge >= 0.3 is 0 Å². The molecule has 2 nitrogen and oxygen atoms in total. The van der Waals surface area contributed by atoms with E-state index in [1.54, 1.807) is 0 Å². The third-order valence-corrected chi connectivity index (χ3v) is 9.90. The van der Waals surface area contributed by atoms with Crippen molar-refractivity contribution in [1.29, 1.82) is 0 Å². The Kier molecular flexibility index (Phi) is 4.95. The number of benzene rings is 7. The molecular formula is C43H27NO. The van der Waals surface area contributed by atoms with E-state index in [1.807, 2.05) is 6.07 Å². The summed E-state index contributed by atoms with van der Waals surface area (Å²) in [6.45, 7) is 0. The third-order valence-electron chi connectivity index (χ3n) is 9.90. The molecule has 0 radical (unpaired) electrons. The molecule has 45 heavy (non-hydrogen) atoms. The average molecular weight is 574 g/mol. The van der Waals surface area contributed by atoms with Crippen LogP contribution in [0.1, 0.15) is 22.3 Å². The summed E-state index contributed by atoms with van der Waals surface area (Å²) in [5.74, 6) is 0. The van der Waals surface area contributed by atoms with E-state index < -0.39 is 5.41 Å². The van der Waals surface area contributed by atoms with Gasteiger partial charge in [-0.15, -0.1) is 0 Å². The summed E-state index contributed by atoms with van der Waals surface area (Å²) < 4.78 is 9.05. The Labute approximate surface area is 260 Å². The molecule has 9 aromatic rings. The van der Waals surface area contributed by atoms with Crippen LogP contribution in [0.25, 0.3) is 60.6 Å². The first-order valence-corrected chi connectivity index (χ1v) is 15.5. The monoisotopic (exact) mass is 573 g/mol. The zero-order valence-electron chi connectivity index (χ0n) is 24.4. The molecular weight excluding hydrogens is 546 g/mol. The van der Waals surface area contributed by atoms with Gasteiger partial charge in [0.15, 0.2) is 0 Å². The number of hydrogen-bond acceptors (Lipinski definition) is 1. The second-order valence-corrected chi connectivity index (χ2v) is 12.0. The van der Waals surface area contributed by atoms with Gasteiger partial charge in [0, 0.05) is 32.8 Å². The fourth-order valence-electron chi connectivity index (χ4n) is 8.08. The first-order chi connectivity index (χ1) is 22.3. The van der Waals surface area contributed by atoms with Crippen molar-refractivity contribution in [2.24, 2.45) is 0 Å². The molecule has 0 fully saturated rings. The molecule has 1 aliphatic rings. The summed E-state index contributed by atoms with van der Waals surface area (Å²) in [6.07, 6.45) is 0. The Bertz CT molecular complexity index is 2530. The lowest BCUT2D eigenvalue weighted by atomic mass is 9.67. The Morgan fingerprint density at radius 1 is 0.422 bits per heavy atom. The van der Waals surface area contributed by atoms with E-state index in [-0.39, 0.29) is 0 Å². The summed E-state index contributed by atoms with van der Waals surface area (Å²) in [5, 5.41) is 4.85. The van der Waals surface area contributed by atoms with E-state index in [1.165, 1.54) is 55.2 Å². The Morgan fingerprint density at radius 2 is 1.02 bits per heavy atom. The number of fused-ring (bicyclic) bond motifs is 10. The lowest BCUT2D eigenvalue weighted by Crippen LogP contribution is -2.28. The maximum atomic E-state index is 6.66. The van der Waals surface area contributed by atoms with Crippen molar-refractivity contribution in [3.05, 3.63) is 186 Å². The molecule has 2 heteroatoms. The molecule has 7 aromatic carbocycles. The van der Waals surface area contributed by atoms with Crippen molar-refractivity contribution in [3.8, 4) is 16.8 Å². The van der Waals surface area contributed by atoms with Gasteiger partial charge in [-0.1, -0.05) is 133 Å². The maximum Gasteiger partial charge on any atom is 0.143 e. The quantitative estimate of drug-likeness (QED) is 0.206. The van der Waals surface area contributed by atoms with Crippen LogP contribution in [0, 0.1) is 0 Å². The van der Waals surface area contributed by atoms with E-state index in [4.69, 9.17) is 4.42 Å². The Balaban J connectivity index is 1.27. The van der Waals surface area contributed by atoms with Crippen molar-refractivity contribution < 1.29 is 4.42 Å². The zero-order chi connectivity index (χ0) is 29.5. The SMILES string of the molecule is c1ccc(C2(c3ccc(-n4c5ccccc5c5ccccc54)cc3)c3ccccc3-c3c2ccc2c3oc3ccccc32)cc1. The summed E-state index contributed by atoms with van der Waals surface area (Å²) in [7, 11) is 0. The van der Waals surface area contributed by atoms with Crippen molar-refractivity contribution in [3.63, 3.8) is 0 Å². The molecule has 0 bridgehead atoms. The molecule has 0 amide bonds. The molecule has 0 saturated carbocycles. The van der Waals surface area contributed by atoms with Gasteiger partial charge in [0.1, 0.15) is 11.2 Å². The van der Waals surface area contributed by atoms with Crippen molar-refractivity contribution in [1.82, 2.24) is 4.57 Å². The van der Waals surface area contributed by atoms with Crippen LogP contribution >= 0.6 is 0 Å². The molecule has 2 heterocycles. The van der Waals surface area contributed by atoms with E-state index in [9.17, 15) is 0 Å². The summed E-state index contributed by atoms with van der Waals surface area (Å²) in [5.41, 5.74) is 12.4. The van der Waals surface area contributed by atoms with Crippen molar-refractivity contribution in [2.45, 2.75) is 5.41 Å². The van der Waals surface area contributed by atoms with Crippen LogP contribution < -0.4 is 0 Å². The fraction of sp³-hybridized carbons (Fsp3) is 0.0233. The second-order valence-electron chi connectivity index (χ2n) is 12.0. The van der Waals surface area contributed by atoms with Crippen molar-refractivity contribution in [2.75, 3.05) is 0 Å². The number of furan rings is 1. The number of para-hydroxylation sites is 3. The van der Waals surface area contributed by atoms with E-state index in [0.29, 0.717) is 0 Å². The fourth-order valence-corrected chi connectivity index (χ4v) is 8.08. The highest BCUT2D eigenvalue weighted by Gasteiger charge is 2.47. The summed E-state index contributed by atoms with van der Waals surface area (Å²) in [4.78, 5) is 0. The van der Waals surface area contributed by atoms with Crippen LogP contribution in [0.3, 0.4) is 0 Å². The van der Waals surface area contributed by atoms with Gasteiger partial charge in [-0.2, -0.15) is 0 Å². The van der Waals surface area contributed by atoms with Crippen molar-refractivity contribution >= 4 is 43.7 Å². The molecule has 0 N–H and O–H groups in total. The molecule has 0 saturated heterocycles. The molecule has 1 atom stereocenters. The predicted molar refractivity (Wildman–Crippen MR) is 185 cm³/mol. The van der Waals surface area contributed by atoms with Gasteiger partial charge < -0.3 is 8.98 Å².